The number of carbonyl (C=O) groups excluding carboxylic acids is 1. The summed E-state index contributed by atoms with van der Waals surface area (Å²) < 4.78 is 30.5. The van der Waals surface area contributed by atoms with Crippen LogP contribution in [-0.2, 0) is 16.3 Å². The highest BCUT2D eigenvalue weighted by molar-refractivity contribution is 7.91. The molecule has 1 saturated heterocycles. The summed E-state index contributed by atoms with van der Waals surface area (Å²) in [5.74, 6) is 8.64. The van der Waals surface area contributed by atoms with Crippen molar-refractivity contribution in [2.75, 3.05) is 55.9 Å². The number of nitrogens with zero attached hydrogens (tertiary/aromatic N) is 1. The molecule has 2 aliphatic carbocycles. The summed E-state index contributed by atoms with van der Waals surface area (Å²) in [6, 6.07) is 12.9. The lowest BCUT2D eigenvalue weighted by atomic mass is 9.90. The molecule has 0 atom stereocenters. The van der Waals surface area contributed by atoms with Gasteiger partial charge in [0, 0.05) is 37.8 Å². The van der Waals surface area contributed by atoms with Crippen LogP contribution in [0.3, 0.4) is 0 Å². The van der Waals surface area contributed by atoms with Crippen LogP contribution < -0.4 is 20.7 Å². The third kappa shape index (κ3) is 7.17. The van der Waals surface area contributed by atoms with E-state index >= 15 is 0 Å². The summed E-state index contributed by atoms with van der Waals surface area (Å²) in [6.07, 6.45) is 8.06. The maximum atomic E-state index is 12.0. The number of anilines is 2. The van der Waals surface area contributed by atoms with Gasteiger partial charge in [0.25, 0.3) is 5.91 Å². The predicted molar refractivity (Wildman–Crippen MR) is 180 cm³/mol. The lowest BCUT2D eigenvalue weighted by Crippen LogP contribution is -2.48. The minimum Gasteiger partial charge on any atom is -0.495 e. The quantitative estimate of drug-likeness (QED) is 0.281. The fourth-order valence-electron chi connectivity index (χ4n) is 6.48. The van der Waals surface area contributed by atoms with Crippen molar-refractivity contribution in [3.63, 3.8) is 0 Å². The third-order valence-corrected chi connectivity index (χ3v) is 12.0. The predicted octanol–water partition coefficient (Wildman–Crippen LogP) is 5.14. The van der Waals surface area contributed by atoms with E-state index in [2.05, 4.69) is 50.9 Å². The van der Waals surface area contributed by atoms with E-state index in [9.17, 15) is 13.2 Å². The number of rotatable bonds is 9. The summed E-state index contributed by atoms with van der Waals surface area (Å²) in [5, 5.41) is 11.2. The normalized spacial score (nSPS) is 21.7. The molecule has 3 aromatic rings. The third-order valence-electron chi connectivity index (χ3n) is 9.22. The van der Waals surface area contributed by atoms with Crippen molar-refractivity contribution in [1.82, 2.24) is 10.2 Å². The highest BCUT2D eigenvalue weighted by Crippen LogP contribution is 2.42. The minimum absolute atomic E-state index is 0.152. The van der Waals surface area contributed by atoms with Crippen LogP contribution in [0.25, 0.3) is 10.1 Å². The second-order valence-corrected chi connectivity index (χ2v) is 15.6. The van der Waals surface area contributed by atoms with Crippen molar-refractivity contribution in [3.8, 4) is 17.6 Å². The van der Waals surface area contributed by atoms with Crippen LogP contribution in [0.15, 0.2) is 36.4 Å². The van der Waals surface area contributed by atoms with Crippen LogP contribution in [-0.4, -0.2) is 76.6 Å². The minimum atomic E-state index is -2.84. The lowest BCUT2D eigenvalue weighted by molar-refractivity contribution is 0.0962. The fraction of sp³-hybridized carbons (Fsp3) is 0.500. The molecule has 10 heteroatoms. The molecule has 3 fully saturated rings. The summed E-state index contributed by atoms with van der Waals surface area (Å²) in [6.45, 7) is 1.82. The first-order valence-electron chi connectivity index (χ1n) is 15.7. The first kappa shape index (κ1) is 30.8. The summed E-state index contributed by atoms with van der Waals surface area (Å²) in [4.78, 5) is 15.5. The van der Waals surface area contributed by atoms with Crippen molar-refractivity contribution in [2.24, 2.45) is 5.92 Å². The first-order chi connectivity index (χ1) is 21.3. The Balaban J connectivity index is 1.14. The zero-order chi connectivity index (χ0) is 30.7. The van der Waals surface area contributed by atoms with Gasteiger partial charge in [0.2, 0.25) is 0 Å². The standard InChI is InChI=1S/C34H42N4O4S2/c1-35-34(39)24-10-15-29(31(22-24)42-2)36-16-4-7-32-28(21-23-8-9-23)27-5-3-6-30(33(27)43-32)37-25-11-13-26(14-12-25)38-17-19-44(40,41)20-18-38/h3,5-6,10,15,22-23,25-26,36-37H,8-9,11-14,16-21H2,1-2H3,(H,35,39). The molecular weight excluding hydrogens is 593 g/mol. The van der Waals surface area contributed by atoms with E-state index in [0.29, 0.717) is 54.5 Å². The Labute approximate surface area is 264 Å². The molecule has 0 bridgehead atoms. The van der Waals surface area contributed by atoms with E-state index in [4.69, 9.17) is 4.74 Å². The first-order valence-corrected chi connectivity index (χ1v) is 18.4. The van der Waals surface area contributed by atoms with E-state index in [0.717, 1.165) is 48.6 Å². The van der Waals surface area contributed by atoms with Gasteiger partial charge in [-0.15, -0.1) is 11.3 Å². The molecule has 0 spiro atoms. The van der Waals surface area contributed by atoms with Crippen LogP contribution in [0.1, 0.15) is 59.3 Å². The maximum Gasteiger partial charge on any atom is 0.251 e. The highest BCUT2D eigenvalue weighted by atomic mass is 32.2. The van der Waals surface area contributed by atoms with Gasteiger partial charge in [-0.1, -0.05) is 24.0 Å². The van der Waals surface area contributed by atoms with Crippen LogP contribution in [0, 0.1) is 17.8 Å². The molecule has 2 heterocycles. The monoisotopic (exact) mass is 634 g/mol. The van der Waals surface area contributed by atoms with Gasteiger partial charge in [-0.05, 0) is 86.1 Å². The molecule has 3 aliphatic rings. The number of sulfone groups is 1. The number of hydrogen-bond acceptors (Lipinski definition) is 8. The number of benzene rings is 2. The second kappa shape index (κ2) is 13.4. The molecule has 0 unspecified atom stereocenters. The van der Waals surface area contributed by atoms with E-state index in [-0.39, 0.29) is 5.91 Å². The summed E-state index contributed by atoms with van der Waals surface area (Å²) in [7, 11) is 0.368. The Kier molecular flexibility index (Phi) is 9.36. The van der Waals surface area contributed by atoms with Gasteiger partial charge in [-0.3, -0.25) is 9.69 Å². The molecule has 8 nitrogen and oxygen atoms in total. The van der Waals surface area contributed by atoms with Crippen LogP contribution in [0.2, 0.25) is 0 Å². The second-order valence-electron chi connectivity index (χ2n) is 12.2. The van der Waals surface area contributed by atoms with E-state index in [1.807, 2.05) is 6.07 Å². The Morgan fingerprint density at radius 1 is 1.05 bits per heavy atom. The van der Waals surface area contributed by atoms with Gasteiger partial charge in [0.1, 0.15) is 5.75 Å². The lowest BCUT2D eigenvalue weighted by Gasteiger charge is -2.39. The molecule has 44 heavy (non-hydrogen) atoms. The van der Waals surface area contributed by atoms with E-state index in [1.54, 1.807) is 37.6 Å². The van der Waals surface area contributed by atoms with E-state index < -0.39 is 9.84 Å². The van der Waals surface area contributed by atoms with Crippen LogP contribution in [0.4, 0.5) is 11.4 Å². The van der Waals surface area contributed by atoms with Gasteiger partial charge in [0.15, 0.2) is 9.84 Å². The molecule has 1 amide bonds. The molecule has 6 rings (SSSR count). The Morgan fingerprint density at radius 3 is 2.52 bits per heavy atom. The highest BCUT2D eigenvalue weighted by Gasteiger charge is 2.31. The molecule has 234 valence electrons. The number of carbonyl (C=O) groups is 1. The van der Waals surface area contributed by atoms with E-state index in [1.165, 1.54) is 34.2 Å². The van der Waals surface area contributed by atoms with Gasteiger partial charge in [0.05, 0.1) is 46.1 Å². The van der Waals surface area contributed by atoms with Gasteiger partial charge in [-0.25, -0.2) is 8.42 Å². The number of ether oxygens (including phenoxy) is 1. The Hall–Kier alpha value is -3.26. The zero-order valence-electron chi connectivity index (χ0n) is 25.6. The zero-order valence-corrected chi connectivity index (χ0v) is 27.2. The number of hydrogen-bond donors (Lipinski definition) is 3. The number of nitrogens with one attached hydrogen (secondary N) is 3. The van der Waals surface area contributed by atoms with Gasteiger partial charge in [-0.2, -0.15) is 0 Å². The molecule has 1 aromatic heterocycles. The smallest absolute Gasteiger partial charge is 0.251 e. The number of thiophene rings is 1. The van der Waals surface area contributed by atoms with Gasteiger partial charge < -0.3 is 20.7 Å². The average molecular weight is 635 g/mol. The number of amides is 1. The Bertz CT molecular complexity index is 1660. The van der Waals surface area contributed by atoms with Crippen LogP contribution in [0.5, 0.6) is 5.75 Å². The molecule has 1 aliphatic heterocycles. The topological polar surface area (TPSA) is 99.8 Å². The maximum absolute atomic E-state index is 12.0. The molecule has 2 saturated carbocycles. The van der Waals surface area contributed by atoms with Crippen molar-refractivity contribution < 1.29 is 17.9 Å². The largest absolute Gasteiger partial charge is 0.495 e. The van der Waals surface area contributed by atoms with Gasteiger partial charge >= 0.3 is 0 Å². The molecular formula is C34H42N4O4S2. The SMILES string of the molecule is CNC(=O)c1ccc(NCC#Cc2sc3c(NC4CCC(N5CCS(=O)(=O)CC5)CC4)cccc3c2CC2CC2)c(OC)c1. The average Bonchev–Trinajstić information content (AvgIpc) is 3.79. The fourth-order valence-corrected chi connectivity index (χ4v) is 8.89. The molecule has 2 aromatic carbocycles. The van der Waals surface area contributed by atoms with Crippen molar-refractivity contribution in [3.05, 3.63) is 52.4 Å². The Morgan fingerprint density at radius 2 is 1.82 bits per heavy atom. The summed E-state index contributed by atoms with van der Waals surface area (Å²) in [5.41, 5.74) is 3.92. The number of methoxy groups -OCH3 is 1. The van der Waals surface area contributed by atoms with Crippen molar-refractivity contribution in [1.29, 1.82) is 0 Å². The number of fused-ring (bicyclic) bond motifs is 1. The van der Waals surface area contributed by atoms with Crippen molar-refractivity contribution in [2.45, 2.75) is 57.0 Å². The van der Waals surface area contributed by atoms with Crippen LogP contribution >= 0.6 is 11.3 Å². The molecule has 0 radical (unpaired) electrons. The van der Waals surface area contributed by atoms with Crippen molar-refractivity contribution >= 4 is 48.5 Å². The molecule has 3 N–H and O–H groups in total. The summed E-state index contributed by atoms with van der Waals surface area (Å²) >= 11 is 1.80.